The predicted molar refractivity (Wildman–Crippen MR) is 109 cm³/mol. The zero-order chi connectivity index (χ0) is 19.2. The van der Waals surface area contributed by atoms with E-state index >= 15 is 0 Å². The van der Waals surface area contributed by atoms with Crippen LogP contribution in [0, 0.1) is 13.8 Å². The van der Waals surface area contributed by atoms with E-state index in [1.807, 2.05) is 44.3 Å². The maximum atomic E-state index is 12.1. The Hall–Kier alpha value is -2.44. The van der Waals surface area contributed by atoms with E-state index in [0.29, 0.717) is 19.7 Å². The number of fused-ring (bicyclic) bond motifs is 1. The number of carbonyl (C=O) groups is 1. The van der Waals surface area contributed by atoms with Gasteiger partial charge in [-0.2, -0.15) is 0 Å². The number of aromatic nitrogens is 1. The number of carbonyl (C=O) groups excluding carboxylic acids is 1. The molecule has 0 spiro atoms. The Balaban J connectivity index is 1.39. The van der Waals surface area contributed by atoms with Crippen LogP contribution in [0.25, 0.3) is 10.2 Å². The lowest BCUT2D eigenvalue weighted by molar-refractivity contribution is -0.885. The number of nitrogens with zero attached hydrogens (tertiary/aromatic N) is 1. The number of amides is 1. The molecule has 3 rings (SSSR count). The van der Waals surface area contributed by atoms with E-state index in [2.05, 4.69) is 29.4 Å². The van der Waals surface area contributed by atoms with Gasteiger partial charge in [-0.3, -0.25) is 4.79 Å². The third-order valence-corrected chi connectivity index (χ3v) is 5.30. The second-order valence-electron chi connectivity index (χ2n) is 6.85. The van der Waals surface area contributed by atoms with Crippen molar-refractivity contribution in [2.75, 3.05) is 26.7 Å². The van der Waals surface area contributed by atoms with Crippen LogP contribution in [-0.4, -0.2) is 37.6 Å². The summed E-state index contributed by atoms with van der Waals surface area (Å²) in [6.07, 6.45) is 0. The molecule has 3 aromatic rings. The average Bonchev–Trinajstić information content (AvgIpc) is 3.02. The average molecular weight is 385 g/mol. The van der Waals surface area contributed by atoms with Crippen molar-refractivity contribution in [1.29, 1.82) is 0 Å². The molecule has 27 heavy (non-hydrogen) atoms. The molecule has 0 bridgehead atoms. The lowest BCUT2D eigenvalue weighted by Gasteiger charge is -2.13. The minimum atomic E-state index is 0.0258. The van der Waals surface area contributed by atoms with E-state index in [1.165, 1.54) is 10.3 Å². The summed E-state index contributed by atoms with van der Waals surface area (Å²) in [5.41, 5.74) is 3.35. The number of para-hydroxylation sites is 1. The second kappa shape index (κ2) is 8.97. The molecule has 0 radical (unpaired) electrons. The van der Waals surface area contributed by atoms with Crippen LogP contribution in [0.5, 0.6) is 5.75 Å². The molecule has 0 aliphatic heterocycles. The van der Waals surface area contributed by atoms with Crippen LogP contribution in [0.3, 0.4) is 0 Å². The topological polar surface area (TPSA) is 55.7 Å². The van der Waals surface area contributed by atoms with Gasteiger partial charge in [-0.1, -0.05) is 29.8 Å². The molecule has 2 N–H and O–H groups in total. The van der Waals surface area contributed by atoms with Gasteiger partial charge in [-0.15, -0.1) is 11.3 Å². The van der Waals surface area contributed by atoms with Gasteiger partial charge in [0.2, 0.25) is 0 Å². The fraction of sp³-hybridized carbons (Fsp3) is 0.333. The van der Waals surface area contributed by atoms with Crippen molar-refractivity contribution < 1.29 is 14.4 Å². The third-order valence-electron chi connectivity index (χ3n) is 4.27. The minimum Gasteiger partial charge on any atom is -0.491 e. The molecule has 142 valence electrons. The summed E-state index contributed by atoms with van der Waals surface area (Å²) in [5.74, 6) is 0.895. The monoisotopic (exact) mass is 384 g/mol. The van der Waals surface area contributed by atoms with Crippen molar-refractivity contribution in [2.45, 2.75) is 20.4 Å². The van der Waals surface area contributed by atoms with Crippen molar-refractivity contribution in [3.63, 3.8) is 0 Å². The highest BCUT2D eigenvalue weighted by Crippen LogP contribution is 2.20. The van der Waals surface area contributed by atoms with Crippen LogP contribution in [0.1, 0.15) is 16.1 Å². The number of aryl methyl sites for hydroxylation is 2. The Morgan fingerprint density at radius 2 is 2.04 bits per heavy atom. The zero-order valence-electron chi connectivity index (χ0n) is 16.0. The van der Waals surface area contributed by atoms with Crippen LogP contribution in [0.2, 0.25) is 0 Å². The number of quaternary nitrogens is 1. The summed E-state index contributed by atoms with van der Waals surface area (Å²) in [6.45, 7) is 6.21. The Labute approximate surface area is 164 Å². The molecule has 1 unspecified atom stereocenters. The Morgan fingerprint density at radius 1 is 1.22 bits per heavy atom. The first-order chi connectivity index (χ1) is 13.0. The number of thiazole rings is 1. The van der Waals surface area contributed by atoms with Gasteiger partial charge in [0.05, 0.1) is 23.8 Å². The number of rotatable bonds is 8. The number of likely N-dealkylation sites (N-methyl/N-ethyl adjacent to an activating group) is 1. The smallest absolute Gasteiger partial charge is 0.275 e. The zero-order valence-corrected chi connectivity index (χ0v) is 16.9. The molecule has 6 heteroatoms. The van der Waals surface area contributed by atoms with Gasteiger partial charge >= 0.3 is 0 Å². The highest BCUT2D eigenvalue weighted by Gasteiger charge is 2.13. The number of nitrogens with one attached hydrogen (secondary N) is 2. The van der Waals surface area contributed by atoms with E-state index in [4.69, 9.17) is 4.74 Å². The van der Waals surface area contributed by atoms with Gasteiger partial charge in [0.15, 0.2) is 6.54 Å². The first-order valence-electron chi connectivity index (χ1n) is 9.14. The highest BCUT2D eigenvalue weighted by molar-refractivity contribution is 7.18. The standard InChI is InChI=1S/C21H25N3O2S/c1-15-8-9-18(16(2)12-15)26-11-10-22-20(25)13-24(3)14-21-23-17-6-4-5-7-19(17)27-21/h4-9,12H,10-11,13-14H2,1-3H3,(H,22,25)/p+1. The van der Waals surface area contributed by atoms with Crippen LogP contribution in [0.4, 0.5) is 0 Å². The summed E-state index contributed by atoms with van der Waals surface area (Å²) >= 11 is 1.69. The lowest BCUT2D eigenvalue weighted by atomic mass is 10.1. The number of hydrogen-bond acceptors (Lipinski definition) is 4. The highest BCUT2D eigenvalue weighted by atomic mass is 32.1. The van der Waals surface area contributed by atoms with Crippen molar-refractivity contribution in [1.82, 2.24) is 10.3 Å². The second-order valence-corrected chi connectivity index (χ2v) is 7.97. The Morgan fingerprint density at radius 3 is 2.81 bits per heavy atom. The van der Waals surface area contributed by atoms with E-state index in [9.17, 15) is 4.79 Å². The molecule has 1 atom stereocenters. The van der Waals surface area contributed by atoms with E-state index in [-0.39, 0.29) is 5.91 Å². The van der Waals surface area contributed by atoms with Gasteiger partial charge in [-0.25, -0.2) is 4.98 Å². The molecule has 5 nitrogen and oxygen atoms in total. The van der Waals surface area contributed by atoms with Crippen LogP contribution >= 0.6 is 11.3 Å². The quantitative estimate of drug-likeness (QED) is 0.585. The predicted octanol–water partition coefficient (Wildman–Crippen LogP) is 2.12. The van der Waals surface area contributed by atoms with Crippen LogP contribution in [-0.2, 0) is 11.3 Å². The van der Waals surface area contributed by atoms with Gasteiger partial charge in [-0.05, 0) is 37.6 Å². The third kappa shape index (κ3) is 5.52. The number of benzene rings is 2. The summed E-state index contributed by atoms with van der Waals surface area (Å²) < 4.78 is 6.93. The van der Waals surface area contributed by atoms with Crippen molar-refractivity contribution in [3.8, 4) is 5.75 Å². The normalized spacial score (nSPS) is 12.1. The van der Waals surface area contributed by atoms with Gasteiger partial charge in [0.1, 0.15) is 23.9 Å². The summed E-state index contributed by atoms with van der Waals surface area (Å²) in [5, 5.41) is 3.98. The molecule has 1 heterocycles. The Bertz CT molecular complexity index is 890. The maximum Gasteiger partial charge on any atom is 0.275 e. The first-order valence-corrected chi connectivity index (χ1v) is 9.95. The molecule has 0 saturated carbocycles. The molecule has 1 amide bonds. The molecule has 0 saturated heterocycles. The van der Waals surface area contributed by atoms with Crippen molar-refractivity contribution in [3.05, 3.63) is 58.6 Å². The van der Waals surface area contributed by atoms with Crippen LogP contribution in [0.15, 0.2) is 42.5 Å². The molecule has 0 aliphatic carbocycles. The summed E-state index contributed by atoms with van der Waals surface area (Å²) in [4.78, 5) is 17.9. The number of ether oxygens (including phenoxy) is 1. The Kier molecular flexibility index (Phi) is 6.42. The number of hydrogen-bond donors (Lipinski definition) is 2. The van der Waals surface area contributed by atoms with Gasteiger partial charge < -0.3 is 15.0 Å². The van der Waals surface area contributed by atoms with Crippen LogP contribution < -0.4 is 15.0 Å². The van der Waals surface area contributed by atoms with Gasteiger partial charge in [0, 0.05) is 0 Å². The fourth-order valence-corrected chi connectivity index (χ4v) is 4.05. The molecule has 1 aromatic heterocycles. The largest absolute Gasteiger partial charge is 0.491 e. The maximum absolute atomic E-state index is 12.1. The van der Waals surface area contributed by atoms with E-state index < -0.39 is 0 Å². The van der Waals surface area contributed by atoms with Gasteiger partial charge in [0.25, 0.3) is 5.91 Å². The molecule has 0 aliphatic rings. The fourth-order valence-electron chi connectivity index (χ4n) is 2.97. The van der Waals surface area contributed by atoms with Crippen molar-refractivity contribution in [2.24, 2.45) is 0 Å². The molecular formula is C21H26N3O2S+. The molecular weight excluding hydrogens is 358 g/mol. The SMILES string of the molecule is Cc1ccc(OCCNC(=O)C[NH+](C)Cc2nc3ccccc3s2)c(C)c1. The summed E-state index contributed by atoms with van der Waals surface area (Å²) in [6, 6.07) is 14.2. The van der Waals surface area contributed by atoms with E-state index in [1.54, 1.807) is 11.3 Å². The lowest BCUT2D eigenvalue weighted by Crippen LogP contribution is -3.08. The molecule has 2 aromatic carbocycles. The first kappa shape index (κ1) is 19.3. The van der Waals surface area contributed by atoms with Crippen molar-refractivity contribution >= 4 is 27.5 Å². The summed E-state index contributed by atoms with van der Waals surface area (Å²) in [7, 11) is 2.01. The van der Waals surface area contributed by atoms with E-state index in [0.717, 1.165) is 33.3 Å². The molecule has 0 fully saturated rings. The minimum absolute atomic E-state index is 0.0258.